The number of ether oxygens (including phenoxy) is 1. The Labute approximate surface area is 233 Å². The van der Waals surface area contributed by atoms with Gasteiger partial charge in [-0.2, -0.15) is 0 Å². The topological polar surface area (TPSA) is 172 Å². The Kier molecular flexibility index (Phi) is 7.82. The van der Waals surface area contributed by atoms with Crippen molar-refractivity contribution in [1.29, 1.82) is 0 Å². The van der Waals surface area contributed by atoms with E-state index < -0.39 is 45.3 Å². The molecule has 0 unspecified atom stereocenters. The summed E-state index contributed by atoms with van der Waals surface area (Å²) in [5, 5.41) is 2.31. The lowest BCUT2D eigenvalue weighted by atomic mass is 10.2. The van der Waals surface area contributed by atoms with E-state index in [1.54, 1.807) is 44.3 Å². The minimum atomic E-state index is -4.32. The number of benzene rings is 2. The van der Waals surface area contributed by atoms with Crippen LogP contribution in [0, 0.1) is 6.92 Å². The van der Waals surface area contributed by atoms with Crippen LogP contribution in [0.3, 0.4) is 0 Å². The van der Waals surface area contributed by atoms with Crippen LogP contribution in [0.15, 0.2) is 79.9 Å². The Morgan fingerprint density at radius 2 is 1.59 bits per heavy atom. The van der Waals surface area contributed by atoms with Crippen molar-refractivity contribution < 1.29 is 22.7 Å². The molecule has 0 radical (unpaired) electrons. The van der Waals surface area contributed by atoms with E-state index >= 15 is 0 Å². The zero-order chi connectivity index (χ0) is 30.1. The molecule has 0 bridgehead atoms. The molecular weight excluding hydrogens is 556 g/mol. The standard InChI is InChI=1S/C26H26N6O8S/c1-16-23(24(35)32(31(16)4)18-10-6-5-7-11-18)28-41(38,39)19-12-8-9-17(13-19)25(36)40-15-21(33)27-20-14-22(34)30(3)26(37)29(20)2/h5-14,28H,15H2,1-4H3,(H,27,33). The summed E-state index contributed by atoms with van der Waals surface area (Å²) in [5.41, 5.74) is -1.33. The summed E-state index contributed by atoms with van der Waals surface area (Å²) in [5.74, 6) is -1.93. The Morgan fingerprint density at radius 3 is 2.27 bits per heavy atom. The number of carbonyl (C=O) groups excluding carboxylic acids is 2. The molecule has 0 fully saturated rings. The lowest BCUT2D eigenvalue weighted by molar-refractivity contribution is -0.119. The number of para-hydroxylation sites is 1. The van der Waals surface area contributed by atoms with Gasteiger partial charge in [0.1, 0.15) is 11.5 Å². The fourth-order valence-electron chi connectivity index (χ4n) is 3.92. The second-order valence-corrected chi connectivity index (χ2v) is 10.6. The maximum Gasteiger partial charge on any atom is 0.338 e. The predicted molar refractivity (Wildman–Crippen MR) is 149 cm³/mol. The number of nitrogens with zero attached hydrogens (tertiary/aromatic N) is 4. The molecule has 15 heteroatoms. The first-order valence-electron chi connectivity index (χ1n) is 12.0. The number of nitrogens with one attached hydrogen (secondary N) is 2. The predicted octanol–water partition coefficient (Wildman–Crippen LogP) is 0.478. The molecule has 4 aromatic rings. The molecule has 0 spiro atoms. The average Bonchev–Trinajstić information content (AvgIpc) is 3.16. The molecule has 14 nitrogen and oxygen atoms in total. The van der Waals surface area contributed by atoms with Crippen LogP contribution in [0.2, 0.25) is 0 Å². The number of aromatic nitrogens is 4. The number of hydrogen-bond acceptors (Lipinski definition) is 8. The quantitative estimate of drug-likeness (QED) is 0.282. The van der Waals surface area contributed by atoms with Crippen LogP contribution in [0.25, 0.3) is 5.69 Å². The fraction of sp³-hybridized carbons (Fsp3) is 0.192. The molecule has 0 aliphatic rings. The van der Waals surface area contributed by atoms with E-state index in [0.717, 1.165) is 21.3 Å². The molecular formula is C26H26N6O8S. The van der Waals surface area contributed by atoms with Gasteiger partial charge in [-0.15, -0.1) is 0 Å². The van der Waals surface area contributed by atoms with Gasteiger partial charge in [0.05, 0.1) is 21.8 Å². The van der Waals surface area contributed by atoms with Crippen molar-refractivity contribution in [3.8, 4) is 5.69 Å². The van der Waals surface area contributed by atoms with Gasteiger partial charge in [0, 0.05) is 27.2 Å². The number of carbonyl (C=O) groups is 2. The van der Waals surface area contributed by atoms with Crippen LogP contribution < -0.4 is 26.8 Å². The van der Waals surface area contributed by atoms with Crippen molar-refractivity contribution in [2.75, 3.05) is 16.6 Å². The Hall–Kier alpha value is -5.18. The molecule has 4 rings (SSSR count). The van der Waals surface area contributed by atoms with Crippen molar-refractivity contribution in [3.05, 3.63) is 103 Å². The number of esters is 1. The van der Waals surface area contributed by atoms with Gasteiger partial charge in [-0.25, -0.2) is 22.7 Å². The van der Waals surface area contributed by atoms with Crippen LogP contribution in [-0.4, -0.2) is 45.4 Å². The monoisotopic (exact) mass is 582 g/mol. The first-order chi connectivity index (χ1) is 19.3. The molecule has 2 aromatic carbocycles. The Balaban J connectivity index is 1.50. The van der Waals surface area contributed by atoms with Crippen molar-refractivity contribution >= 4 is 33.4 Å². The average molecular weight is 583 g/mol. The summed E-state index contributed by atoms with van der Waals surface area (Å²) in [4.78, 5) is 61.5. The van der Waals surface area contributed by atoms with Crippen LogP contribution in [0.1, 0.15) is 16.1 Å². The normalized spacial score (nSPS) is 11.2. The third-order valence-corrected chi connectivity index (χ3v) is 7.65. The van der Waals surface area contributed by atoms with Gasteiger partial charge in [-0.05, 0) is 37.3 Å². The van der Waals surface area contributed by atoms with Gasteiger partial charge in [0.15, 0.2) is 6.61 Å². The second kappa shape index (κ2) is 11.1. The van der Waals surface area contributed by atoms with Gasteiger partial charge in [0.2, 0.25) is 0 Å². The van der Waals surface area contributed by atoms with Gasteiger partial charge >= 0.3 is 11.7 Å². The number of anilines is 2. The van der Waals surface area contributed by atoms with E-state index in [-0.39, 0.29) is 22.0 Å². The van der Waals surface area contributed by atoms with Crippen molar-refractivity contribution in [2.24, 2.45) is 21.1 Å². The largest absolute Gasteiger partial charge is 0.452 e. The van der Waals surface area contributed by atoms with E-state index in [1.807, 2.05) is 0 Å². The summed E-state index contributed by atoms with van der Waals surface area (Å²) >= 11 is 0. The van der Waals surface area contributed by atoms with Crippen molar-refractivity contribution in [3.63, 3.8) is 0 Å². The lowest BCUT2D eigenvalue weighted by Gasteiger charge is -2.11. The number of sulfonamides is 1. The highest BCUT2D eigenvalue weighted by Gasteiger charge is 2.24. The number of amides is 1. The number of rotatable bonds is 8. The van der Waals surface area contributed by atoms with Crippen molar-refractivity contribution in [1.82, 2.24) is 18.5 Å². The van der Waals surface area contributed by atoms with Crippen LogP contribution >= 0.6 is 0 Å². The molecule has 0 saturated heterocycles. The van der Waals surface area contributed by atoms with Gasteiger partial charge in [-0.3, -0.25) is 32.9 Å². The van der Waals surface area contributed by atoms with E-state index in [0.29, 0.717) is 11.4 Å². The van der Waals surface area contributed by atoms with Gasteiger partial charge in [-0.1, -0.05) is 24.3 Å². The third-order valence-electron chi connectivity index (χ3n) is 6.30. The smallest absolute Gasteiger partial charge is 0.338 e. The summed E-state index contributed by atoms with van der Waals surface area (Å²) in [6.07, 6.45) is 0. The second-order valence-electron chi connectivity index (χ2n) is 8.96. The lowest BCUT2D eigenvalue weighted by Crippen LogP contribution is -2.38. The molecule has 41 heavy (non-hydrogen) atoms. The molecule has 0 atom stereocenters. The Morgan fingerprint density at radius 1 is 0.902 bits per heavy atom. The zero-order valence-corrected chi connectivity index (χ0v) is 23.3. The summed E-state index contributed by atoms with van der Waals surface area (Å²) in [6.45, 7) is 0.808. The van der Waals surface area contributed by atoms with E-state index in [2.05, 4.69) is 10.0 Å². The molecule has 2 N–H and O–H groups in total. The zero-order valence-electron chi connectivity index (χ0n) is 22.4. The first kappa shape index (κ1) is 28.8. The highest BCUT2D eigenvalue weighted by molar-refractivity contribution is 7.92. The van der Waals surface area contributed by atoms with Gasteiger partial charge < -0.3 is 10.1 Å². The molecule has 2 heterocycles. The maximum absolute atomic E-state index is 13.2. The highest BCUT2D eigenvalue weighted by Crippen LogP contribution is 2.20. The minimum Gasteiger partial charge on any atom is -0.452 e. The minimum absolute atomic E-state index is 0.0964. The molecule has 1 amide bonds. The fourth-order valence-corrected chi connectivity index (χ4v) is 5.08. The SMILES string of the molecule is Cc1c(NS(=O)(=O)c2cccc(C(=O)OCC(=O)Nc3cc(=O)n(C)c(=O)n3C)c2)c(=O)n(-c2ccccc2)n1C. The third kappa shape index (κ3) is 5.74. The molecule has 214 valence electrons. The maximum atomic E-state index is 13.2. The van der Waals surface area contributed by atoms with Crippen LogP contribution in [0.4, 0.5) is 11.5 Å². The Bertz CT molecular complexity index is 1950. The summed E-state index contributed by atoms with van der Waals surface area (Å²) in [6, 6.07) is 14.6. The van der Waals surface area contributed by atoms with Crippen LogP contribution in [0.5, 0.6) is 0 Å². The molecule has 0 aliphatic heterocycles. The number of hydrogen-bond donors (Lipinski definition) is 2. The summed E-state index contributed by atoms with van der Waals surface area (Å²) in [7, 11) is -0.0740. The highest BCUT2D eigenvalue weighted by atomic mass is 32.2. The molecule has 0 saturated carbocycles. The summed E-state index contributed by atoms with van der Waals surface area (Å²) < 4.78 is 38.4. The van der Waals surface area contributed by atoms with E-state index in [4.69, 9.17) is 4.74 Å². The van der Waals surface area contributed by atoms with E-state index in [1.165, 1.54) is 41.7 Å². The first-order valence-corrected chi connectivity index (χ1v) is 13.5. The van der Waals surface area contributed by atoms with Crippen LogP contribution in [-0.2, 0) is 40.7 Å². The molecule has 0 aliphatic carbocycles. The van der Waals surface area contributed by atoms with Gasteiger partial charge in [0.25, 0.3) is 27.0 Å². The van der Waals surface area contributed by atoms with E-state index in [9.17, 15) is 32.4 Å². The van der Waals surface area contributed by atoms with Crippen molar-refractivity contribution in [2.45, 2.75) is 11.8 Å². The molecule has 2 aromatic heterocycles.